The van der Waals surface area contributed by atoms with Crippen LogP contribution in [-0.4, -0.2) is 36.1 Å². The molecule has 0 amide bonds. The molecule has 7 heteroatoms. The lowest BCUT2D eigenvalue weighted by molar-refractivity contribution is -0.289. The van der Waals surface area contributed by atoms with Crippen LogP contribution in [0, 0.1) is 0 Å². The summed E-state index contributed by atoms with van der Waals surface area (Å²) in [7, 11) is -4.51. The SMILES string of the molecule is CC(CCCN)OO[Si](O)(O)O. The van der Waals surface area contributed by atoms with Gasteiger partial charge in [0.15, 0.2) is 0 Å². The fraction of sp³-hybridized carbons (Fsp3) is 1.00. The van der Waals surface area contributed by atoms with Crippen molar-refractivity contribution < 1.29 is 23.9 Å². The quantitative estimate of drug-likeness (QED) is 0.234. The van der Waals surface area contributed by atoms with E-state index in [0.29, 0.717) is 13.0 Å². The van der Waals surface area contributed by atoms with Crippen LogP contribution in [0.5, 0.6) is 0 Å². The molecule has 6 nitrogen and oxygen atoms in total. The Bertz CT molecular complexity index is 117. The summed E-state index contributed by atoms with van der Waals surface area (Å²) in [5.41, 5.74) is 5.22. The minimum absolute atomic E-state index is 0.313. The fourth-order valence-electron chi connectivity index (χ4n) is 0.600. The maximum Gasteiger partial charge on any atom is 0.699 e. The maximum absolute atomic E-state index is 8.37. The Kier molecular flexibility index (Phi) is 5.58. The van der Waals surface area contributed by atoms with Crippen LogP contribution in [0.25, 0.3) is 0 Å². The predicted octanol–water partition coefficient (Wildman–Crippen LogP) is -1.53. The van der Waals surface area contributed by atoms with E-state index in [9.17, 15) is 0 Å². The summed E-state index contributed by atoms with van der Waals surface area (Å²) >= 11 is 0. The summed E-state index contributed by atoms with van der Waals surface area (Å²) in [5, 5.41) is 0. The van der Waals surface area contributed by atoms with E-state index >= 15 is 0 Å². The highest BCUT2D eigenvalue weighted by molar-refractivity contribution is 6.48. The smallest absolute Gasteiger partial charge is 0.366 e. The van der Waals surface area contributed by atoms with Crippen LogP contribution in [0.4, 0.5) is 0 Å². The van der Waals surface area contributed by atoms with Crippen molar-refractivity contribution in [3.8, 4) is 0 Å². The Balaban J connectivity index is 3.37. The van der Waals surface area contributed by atoms with Gasteiger partial charge in [-0.15, -0.1) is 0 Å². The van der Waals surface area contributed by atoms with Crippen molar-refractivity contribution in [2.45, 2.75) is 25.9 Å². The van der Waals surface area contributed by atoms with Gasteiger partial charge in [-0.2, -0.15) is 4.58 Å². The van der Waals surface area contributed by atoms with Crippen molar-refractivity contribution in [3.63, 3.8) is 0 Å². The zero-order chi connectivity index (χ0) is 9.61. The van der Waals surface area contributed by atoms with Crippen LogP contribution in [0.2, 0.25) is 0 Å². The summed E-state index contributed by atoms with van der Waals surface area (Å²) in [6, 6.07) is 0. The zero-order valence-electron chi connectivity index (χ0n) is 6.93. The molecule has 1 unspecified atom stereocenters. The highest BCUT2D eigenvalue weighted by atomic mass is 28.4. The number of nitrogens with two attached hydrogens (primary N) is 1. The molecule has 0 aliphatic carbocycles. The molecular formula is C5H15NO5Si. The molecule has 0 bridgehead atoms. The second-order valence-electron chi connectivity index (χ2n) is 2.49. The van der Waals surface area contributed by atoms with E-state index in [1.807, 2.05) is 0 Å². The average molecular weight is 197 g/mol. The highest BCUT2D eigenvalue weighted by Gasteiger charge is 2.33. The molecule has 0 fully saturated rings. The van der Waals surface area contributed by atoms with E-state index in [2.05, 4.69) is 9.46 Å². The van der Waals surface area contributed by atoms with Gasteiger partial charge in [0, 0.05) is 0 Å². The van der Waals surface area contributed by atoms with E-state index in [0.717, 1.165) is 6.42 Å². The molecule has 0 aromatic rings. The third kappa shape index (κ3) is 8.08. The minimum atomic E-state index is -4.51. The van der Waals surface area contributed by atoms with Gasteiger partial charge in [-0.1, -0.05) is 0 Å². The van der Waals surface area contributed by atoms with E-state index in [1.165, 1.54) is 0 Å². The van der Waals surface area contributed by atoms with Crippen LogP contribution < -0.4 is 5.73 Å². The summed E-state index contributed by atoms with van der Waals surface area (Å²) in [6.45, 7) is 2.21. The molecule has 0 aliphatic rings. The largest absolute Gasteiger partial charge is 0.699 e. The summed E-state index contributed by atoms with van der Waals surface area (Å²) in [5.74, 6) is 0. The van der Waals surface area contributed by atoms with Crippen molar-refractivity contribution in [3.05, 3.63) is 0 Å². The summed E-state index contributed by atoms with van der Waals surface area (Å²) in [6.07, 6.45) is 1.08. The molecule has 0 aromatic carbocycles. The number of rotatable bonds is 6. The third-order valence-corrected chi connectivity index (χ3v) is 1.46. The van der Waals surface area contributed by atoms with Gasteiger partial charge in [-0.05, 0) is 26.3 Å². The lowest BCUT2D eigenvalue weighted by Gasteiger charge is -2.13. The van der Waals surface area contributed by atoms with Crippen molar-refractivity contribution in [1.29, 1.82) is 0 Å². The molecule has 0 saturated carbocycles. The fourth-order valence-corrected chi connectivity index (χ4v) is 0.893. The Morgan fingerprint density at radius 2 is 2.00 bits per heavy atom. The lowest BCUT2D eigenvalue weighted by atomic mass is 10.2. The second-order valence-corrected chi connectivity index (χ2v) is 3.81. The van der Waals surface area contributed by atoms with Crippen LogP contribution in [0.15, 0.2) is 0 Å². The molecule has 12 heavy (non-hydrogen) atoms. The van der Waals surface area contributed by atoms with E-state index in [-0.39, 0.29) is 6.10 Å². The van der Waals surface area contributed by atoms with Gasteiger partial charge in [0.1, 0.15) is 0 Å². The van der Waals surface area contributed by atoms with Gasteiger partial charge >= 0.3 is 9.05 Å². The second kappa shape index (κ2) is 5.59. The first-order chi connectivity index (χ1) is 5.45. The average Bonchev–Trinajstić information content (AvgIpc) is 1.95. The van der Waals surface area contributed by atoms with Crippen molar-refractivity contribution >= 4 is 9.05 Å². The van der Waals surface area contributed by atoms with Crippen LogP contribution in [-0.2, 0) is 9.46 Å². The predicted molar refractivity (Wildman–Crippen MR) is 42.3 cm³/mol. The topological polar surface area (TPSA) is 105 Å². The van der Waals surface area contributed by atoms with Crippen LogP contribution in [0.1, 0.15) is 19.8 Å². The maximum atomic E-state index is 8.37. The standard InChI is InChI=1S/C5H15NO5Si/c1-5(3-2-4-6)10-11-12(7,8)9/h5,7-9H,2-4,6H2,1H3. The van der Waals surface area contributed by atoms with Crippen LogP contribution >= 0.6 is 0 Å². The number of hydrogen-bond donors (Lipinski definition) is 4. The molecule has 0 spiro atoms. The third-order valence-electron chi connectivity index (χ3n) is 1.14. The Morgan fingerprint density at radius 1 is 1.42 bits per heavy atom. The first kappa shape index (κ1) is 12.0. The number of hydrogen-bond acceptors (Lipinski definition) is 6. The lowest BCUT2D eigenvalue weighted by Crippen LogP contribution is -2.40. The van der Waals surface area contributed by atoms with E-state index in [4.69, 9.17) is 20.1 Å². The monoisotopic (exact) mass is 197 g/mol. The van der Waals surface area contributed by atoms with Gasteiger partial charge in [0.25, 0.3) is 0 Å². The highest BCUT2D eigenvalue weighted by Crippen LogP contribution is 2.03. The zero-order valence-corrected chi connectivity index (χ0v) is 7.93. The molecule has 0 aromatic heterocycles. The Labute approximate surface area is 72.0 Å². The molecule has 0 aliphatic heterocycles. The first-order valence-corrected chi connectivity index (χ1v) is 5.42. The van der Waals surface area contributed by atoms with Gasteiger partial charge in [0.05, 0.1) is 6.10 Å². The minimum Gasteiger partial charge on any atom is -0.366 e. The summed E-state index contributed by atoms with van der Waals surface area (Å²) in [4.78, 5) is 29.6. The molecule has 0 rings (SSSR count). The first-order valence-electron chi connectivity index (χ1n) is 3.67. The van der Waals surface area contributed by atoms with Crippen molar-refractivity contribution in [1.82, 2.24) is 0 Å². The molecular weight excluding hydrogens is 182 g/mol. The van der Waals surface area contributed by atoms with Crippen molar-refractivity contribution in [2.75, 3.05) is 6.54 Å². The molecule has 5 N–H and O–H groups in total. The van der Waals surface area contributed by atoms with Gasteiger partial charge in [-0.3, -0.25) is 0 Å². The molecule has 0 radical (unpaired) electrons. The van der Waals surface area contributed by atoms with Gasteiger partial charge in [-0.25, -0.2) is 4.89 Å². The molecule has 0 saturated heterocycles. The molecule has 74 valence electrons. The van der Waals surface area contributed by atoms with Gasteiger partial charge in [0.2, 0.25) is 0 Å². The van der Waals surface area contributed by atoms with Crippen LogP contribution in [0.3, 0.4) is 0 Å². The van der Waals surface area contributed by atoms with Crippen molar-refractivity contribution in [2.24, 2.45) is 5.73 Å². The Morgan fingerprint density at radius 3 is 2.42 bits per heavy atom. The molecule has 1 atom stereocenters. The molecule has 0 heterocycles. The normalized spacial score (nSPS) is 14.8. The summed E-state index contributed by atoms with van der Waals surface area (Å²) < 4.78 is 3.95. The van der Waals surface area contributed by atoms with Gasteiger partial charge < -0.3 is 20.1 Å². The van der Waals surface area contributed by atoms with E-state index in [1.54, 1.807) is 6.92 Å². The Hall–Kier alpha value is -0.0231. The van der Waals surface area contributed by atoms with E-state index < -0.39 is 9.05 Å².